The van der Waals surface area contributed by atoms with Crippen molar-refractivity contribution in [3.05, 3.63) is 71.5 Å². The number of nitrogen functional groups attached to an aromatic ring is 1. The average Bonchev–Trinajstić information content (AvgIpc) is 2.72. The molecular weight excluding hydrogens is 414 g/mol. The lowest BCUT2D eigenvalue weighted by molar-refractivity contribution is -0.0352. The summed E-state index contributed by atoms with van der Waals surface area (Å²) >= 11 is 0. The fourth-order valence-corrected chi connectivity index (χ4v) is 4.80. The molecule has 160 valence electrons. The molecule has 1 aliphatic rings. The number of anilines is 1. The molecule has 0 bridgehead atoms. The molecule has 1 aromatic heterocycles. The number of aryl methyl sites for hydroxylation is 1. The number of benzene rings is 2. The summed E-state index contributed by atoms with van der Waals surface area (Å²) in [5.74, 6) is -0.235. The smallest absolute Gasteiger partial charge is 0.189 e. The minimum Gasteiger partial charge on any atom is -0.382 e. The largest absolute Gasteiger partial charge is 0.382 e. The number of ketones is 1. The van der Waals surface area contributed by atoms with Gasteiger partial charge in [0, 0.05) is 18.6 Å². The van der Waals surface area contributed by atoms with Crippen LogP contribution >= 0.6 is 0 Å². The lowest BCUT2D eigenvalue weighted by Gasteiger charge is -2.25. The molecule has 1 atom stereocenters. The predicted octanol–water partition coefficient (Wildman–Crippen LogP) is 3.02. The van der Waals surface area contributed by atoms with Gasteiger partial charge in [0.25, 0.3) is 0 Å². The maximum Gasteiger partial charge on any atom is 0.189 e. The number of aromatic nitrogens is 2. The van der Waals surface area contributed by atoms with Gasteiger partial charge in [0.05, 0.1) is 28.6 Å². The molecular formula is C23H23N3O4S. The van der Waals surface area contributed by atoms with E-state index in [1.165, 1.54) is 12.1 Å². The second kappa shape index (κ2) is 8.56. The Kier molecular flexibility index (Phi) is 5.84. The third-order valence-electron chi connectivity index (χ3n) is 5.26. The zero-order chi connectivity index (χ0) is 22.0. The van der Waals surface area contributed by atoms with E-state index in [1.807, 2.05) is 31.2 Å². The van der Waals surface area contributed by atoms with Gasteiger partial charge < -0.3 is 10.5 Å². The maximum atomic E-state index is 12.8. The molecule has 2 heterocycles. The number of nitrogens with two attached hydrogens (primary N) is 1. The van der Waals surface area contributed by atoms with Crippen LogP contribution in [0.1, 0.15) is 28.0 Å². The van der Waals surface area contributed by atoms with Gasteiger partial charge in [-0.25, -0.2) is 18.4 Å². The number of carbonyl (C=O) groups excluding carboxylic acids is 1. The molecule has 7 nitrogen and oxygen atoms in total. The maximum absolute atomic E-state index is 12.8. The second-order valence-electron chi connectivity index (χ2n) is 7.66. The summed E-state index contributed by atoms with van der Waals surface area (Å²) in [7, 11) is -3.42. The number of ether oxygens (including phenoxy) is 1. The number of hydrogen-bond acceptors (Lipinski definition) is 7. The Morgan fingerprint density at radius 3 is 2.42 bits per heavy atom. The van der Waals surface area contributed by atoms with Crippen molar-refractivity contribution in [1.29, 1.82) is 0 Å². The molecule has 1 saturated heterocycles. The molecule has 0 saturated carbocycles. The van der Waals surface area contributed by atoms with Gasteiger partial charge in [-0.15, -0.1) is 0 Å². The summed E-state index contributed by atoms with van der Waals surface area (Å²) in [4.78, 5) is 21.6. The number of rotatable bonds is 7. The first-order chi connectivity index (χ1) is 14.8. The van der Waals surface area contributed by atoms with Gasteiger partial charge in [-0.05, 0) is 31.0 Å². The molecule has 8 heteroatoms. The molecule has 0 spiro atoms. The van der Waals surface area contributed by atoms with E-state index in [-0.39, 0.29) is 40.5 Å². The van der Waals surface area contributed by atoms with E-state index in [2.05, 4.69) is 9.97 Å². The summed E-state index contributed by atoms with van der Waals surface area (Å²) in [6, 6.07) is 14.1. The number of sulfone groups is 1. The Morgan fingerprint density at radius 2 is 1.81 bits per heavy atom. The summed E-state index contributed by atoms with van der Waals surface area (Å²) in [5.41, 5.74) is 9.22. The Hall–Kier alpha value is -3.10. The van der Waals surface area contributed by atoms with Crippen molar-refractivity contribution < 1.29 is 17.9 Å². The van der Waals surface area contributed by atoms with E-state index in [4.69, 9.17) is 10.5 Å². The van der Waals surface area contributed by atoms with E-state index in [1.54, 1.807) is 18.3 Å². The molecule has 31 heavy (non-hydrogen) atoms. The molecule has 0 amide bonds. The number of nitrogens with zero attached hydrogens (tertiary/aromatic N) is 2. The van der Waals surface area contributed by atoms with Crippen LogP contribution in [0.5, 0.6) is 0 Å². The van der Waals surface area contributed by atoms with Crippen molar-refractivity contribution in [2.45, 2.75) is 30.8 Å². The lowest BCUT2D eigenvalue weighted by atomic mass is 10.1. The van der Waals surface area contributed by atoms with Crippen LogP contribution in [-0.2, 0) is 21.0 Å². The number of Topliss-reactive ketones (excluding diaryl/α,β-unsaturated/α-hetero) is 1. The first-order valence-electron chi connectivity index (χ1n) is 9.98. The fraction of sp³-hybridized carbons (Fsp3) is 0.261. The zero-order valence-corrected chi connectivity index (χ0v) is 17.9. The first-order valence-corrected chi connectivity index (χ1v) is 11.6. The van der Waals surface area contributed by atoms with Crippen molar-refractivity contribution in [2.75, 3.05) is 18.1 Å². The Labute approximate surface area is 181 Å². The van der Waals surface area contributed by atoms with Crippen LogP contribution in [0.3, 0.4) is 0 Å². The number of hydrogen-bond donors (Lipinski definition) is 1. The van der Waals surface area contributed by atoms with Gasteiger partial charge in [-0.1, -0.05) is 42.0 Å². The van der Waals surface area contributed by atoms with Gasteiger partial charge >= 0.3 is 0 Å². The van der Waals surface area contributed by atoms with Crippen LogP contribution in [0.25, 0.3) is 11.3 Å². The van der Waals surface area contributed by atoms with E-state index in [9.17, 15) is 13.2 Å². The van der Waals surface area contributed by atoms with Crippen molar-refractivity contribution in [1.82, 2.24) is 9.97 Å². The Bertz CT molecular complexity index is 1200. The predicted molar refractivity (Wildman–Crippen MR) is 118 cm³/mol. The van der Waals surface area contributed by atoms with Crippen molar-refractivity contribution in [2.24, 2.45) is 0 Å². The van der Waals surface area contributed by atoms with Crippen LogP contribution in [-0.4, -0.2) is 42.6 Å². The fourth-order valence-electron chi connectivity index (χ4n) is 3.31. The van der Waals surface area contributed by atoms with Crippen LogP contribution in [0.15, 0.2) is 59.6 Å². The lowest BCUT2D eigenvalue weighted by Crippen LogP contribution is -2.33. The molecule has 4 rings (SSSR count). The van der Waals surface area contributed by atoms with Gasteiger partial charge in [0.2, 0.25) is 0 Å². The minimum absolute atomic E-state index is 0.0246. The van der Waals surface area contributed by atoms with Crippen molar-refractivity contribution >= 4 is 21.4 Å². The molecule has 0 radical (unpaired) electrons. The summed E-state index contributed by atoms with van der Waals surface area (Å²) in [5, 5.41) is 0. The summed E-state index contributed by atoms with van der Waals surface area (Å²) in [6.07, 6.45) is 2.12. The Morgan fingerprint density at radius 1 is 1.13 bits per heavy atom. The van der Waals surface area contributed by atoms with Crippen molar-refractivity contribution in [3.63, 3.8) is 0 Å². The summed E-state index contributed by atoms with van der Waals surface area (Å²) < 4.78 is 30.1. The molecule has 0 aliphatic carbocycles. The standard InChI is InChI=1S/C23H23N3O4S/c1-15-2-6-17(7-3-15)20-13-25-23(24)22(26-20)21(27)12-16-4-8-19(9-5-16)31(28,29)14-18-10-11-30-18/h2-9,13,18H,10-12,14H2,1H3,(H2,24,25). The van der Waals surface area contributed by atoms with E-state index >= 15 is 0 Å². The van der Waals surface area contributed by atoms with Crippen LogP contribution in [0, 0.1) is 6.92 Å². The van der Waals surface area contributed by atoms with Gasteiger partial charge in [-0.2, -0.15) is 0 Å². The highest BCUT2D eigenvalue weighted by Crippen LogP contribution is 2.22. The molecule has 1 unspecified atom stereocenters. The molecule has 1 fully saturated rings. The summed E-state index contributed by atoms with van der Waals surface area (Å²) in [6.45, 7) is 2.60. The van der Waals surface area contributed by atoms with Gasteiger partial charge in [0.15, 0.2) is 21.4 Å². The molecule has 2 N–H and O–H groups in total. The second-order valence-corrected chi connectivity index (χ2v) is 9.70. The highest BCUT2D eigenvalue weighted by Gasteiger charge is 2.26. The molecule has 1 aliphatic heterocycles. The third-order valence-corrected chi connectivity index (χ3v) is 7.06. The van der Waals surface area contributed by atoms with Crippen molar-refractivity contribution in [3.8, 4) is 11.3 Å². The minimum atomic E-state index is -3.42. The van der Waals surface area contributed by atoms with E-state index < -0.39 is 9.84 Å². The van der Waals surface area contributed by atoms with Crippen LogP contribution < -0.4 is 5.73 Å². The third kappa shape index (κ3) is 4.81. The SMILES string of the molecule is Cc1ccc(-c2cnc(N)c(C(=O)Cc3ccc(S(=O)(=O)CC4CCO4)cc3)n2)cc1. The Balaban J connectivity index is 1.50. The van der Waals surface area contributed by atoms with Crippen LogP contribution in [0.2, 0.25) is 0 Å². The highest BCUT2D eigenvalue weighted by atomic mass is 32.2. The van der Waals surface area contributed by atoms with Crippen LogP contribution in [0.4, 0.5) is 5.82 Å². The molecule has 3 aromatic rings. The normalized spacial score (nSPS) is 16.0. The quantitative estimate of drug-likeness (QED) is 0.565. The van der Waals surface area contributed by atoms with Gasteiger partial charge in [0.1, 0.15) is 5.69 Å². The number of carbonyl (C=O) groups is 1. The average molecular weight is 438 g/mol. The van der Waals surface area contributed by atoms with E-state index in [0.29, 0.717) is 17.9 Å². The monoisotopic (exact) mass is 437 g/mol. The van der Waals surface area contributed by atoms with Gasteiger partial charge in [-0.3, -0.25) is 4.79 Å². The first kappa shape index (κ1) is 21.1. The zero-order valence-electron chi connectivity index (χ0n) is 17.1. The van der Waals surface area contributed by atoms with E-state index in [0.717, 1.165) is 17.5 Å². The topological polar surface area (TPSA) is 112 Å². The molecule has 2 aromatic carbocycles. The highest BCUT2D eigenvalue weighted by molar-refractivity contribution is 7.91.